The summed E-state index contributed by atoms with van der Waals surface area (Å²) in [5.41, 5.74) is -0.548. The minimum atomic E-state index is -0.548. The van der Waals surface area contributed by atoms with Crippen molar-refractivity contribution in [1.82, 2.24) is 10.3 Å². The van der Waals surface area contributed by atoms with Gasteiger partial charge in [-0.25, -0.2) is 9.78 Å². The first kappa shape index (κ1) is 17.0. The van der Waals surface area contributed by atoms with Crippen LogP contribution in [0.25, 0.3) is 0 Å². The number of rotatable bonds is 3. The van der Waals surface area contributed by atoms with Crippen molar-refractivity contribution >= 4 is 28.5 Å². The summed E-state index contributed by atoms with van der Waals surface area (Å²) >= 11 is 1.27. The van der Waals surface area contributed by atoms with Crippen LogP contribution in [0.2, 0.25) is 0 Å². The maximum atomic E-state index is 11.6. The van der Waals surface area contributed by atoms with E-state index in [4.69, 9.17) is 4.74 Å². The summed E-state index contributed by atoms with van der Waals surface area (Å²) in [5, 5.41) is 5.65. The van der Waals surface area contributed by atoms with E-state index in [1.807, 2.05) is 0 Å². The molecule has 6 nitrogen and oxygen atoms in total. The lowest BCUT2D eigenvalue weighted by atomic mass is 10.2. The van der Waals surface area contributed by atoms with Crippen LogP contribution < -0.4 is 10.6 Å². The number of nitrogens with zero attached hydrogens (tertiary/aromatic N) is 1. The van der Waals surface area contributed by atoms with Crippen LogP contribution >= 0.6 is 11.3 Å². The lowest BCUT2D eigenvalue weighted by Gasteiger charge is -2.18. The van der Waals surface area contributed by atoms with Crippen LogP contribution in [-0.4, -0.2) is 29.1 Å². The summed E-state index contributed by atoms with van der Waals surface area (Å²) in [6, 6.07) is 0. The maximum Gasteiger partial charge on any atom is 0.413 e. The zero-order valence-electron chi connectivity index (χ0n) is 12.6. The fourth-order valence-corrected chi connectivity index (χ4v) is 1.91. The lowest BCUT2D eigenvalue weighted by Crippen LogP contribution is -2.27. The second-order valence-corrected chi connectivity index (χ2v) is 6.22. The van der Waals surface area contributed by atoms with Crippen LogP contribution in [0.1, 0.15) is 39.0 Å². The van der Waals surface area contributed by atoms with E-state index in [2.05, 4.69) is 27.5 Å². The Hall–Kier alpha value is -2.07. The van der Waals surface area contributed by atoms with Crippen LogP contribution in [0.15, 0.2) is 6.20 Å². The molecule has 2 amide bonds. The molecule has 0 fully saturated rings. The van der Waals surface area contributed by atoms with Gasteiger partial charge in [0.1, 0.15) is 5.60 Å². The van der Waals surface area contributed by atoms with Gasteiger partial charge < -0.3 is 10.1 Å². The van der Waals surface area contributed by atoms with Gasteiger partial charge in [-0.05, 0) is 20.8 Å². The van der Waals surface area contributed by atoms with Crippen molar-refractivity contribution in [3.63, 3.8) is 0 Å². The Labute approximate surface area is 128 Å². The molecule has 1 aromatic heterocycles. The summed E-state index contributed by atoms with van der Waals surface area (Å²) < 4.78 is 5.13. The highest BCUT2D eigenvalue weighted by Crippen LogP contribution is 2.18. The fraction of sp³-hybridized carbons (Fsp3) is 0.500. The Morgan fingerprint density at radius 2 is 2.14 bits per heavy atom. The van der Waals surface area contributed by atoms with Crippen LogP contribution in [0.3, 0.4) is 0 Å². The highest BCUT2D eigenvalue weighted by molar-refractivity contribution is 7.16. The smallest absolute Gasteiger partial charge is 0.413 e. The fourth-order valence-electron chi connectivity index (χ4n) is 1.23. The summed E-state index contributed by atoms with van der Waals surface area (Å²) in [7, 11) is 0. The molecule has 0 spiro atoms. The van der Waals surface area contributed by atoms with Gasteiger partial charge in [-0.2, -0.15) is 0 Å². The quantitative estimate of drug-likeness (QED) is 0.663. The Balaban J connectivity index is 2.45. The van der Waals surface area contributed by atoms with Crippen LogP contribution in [0, 0.1) is 11.8 Å². The number of nitrogens with one attached hydrogen (secondary N) is 2. The van der Waals surface area contributed by atoms with Crippen molar-refractivity contribution in [3.8, 4) is 11.8 Å². The first-order valence-electron chi connectivity index (χ1n) is 6.45. The molecule has 0 aliphatic heterocycles. The van der Waals surface area contributed by atoms with E-state index in [1.54, 1.807) is 27.0 Å². The van der Waals surface area contributed by atoms with Gasteiger partial charge in [0.15, 0.2) is 5.13 Å². The van der Waals surface area contributed by atoms with Gasteiger partial charge >= 0.3 is 6.09 Å². The van der Waals surface area contributed by atoms with E-state index in [-0.39, 0.29) is 5.91 Å². The number of hydrogen-bond donors (Lipinski definition) is 2. The molecular weight excluding hydrogens is 290 g/mol. The molecule has 0 bridgehead atoms. The van der Waals surface area contributed by atoms with Crippen molar-refractivity contribution in [1.29, 1.82) is 0 Å². The predicted octanol–water partition coefficient (Wildman–Crippen LogP) is 2.37. The molecule has 1 rings (SSSR count). The molecule has 0 aliphatic carbocycles. The van der Waals surface area contributed by atoms with Crippen LogP contribution in [-0.2, 0) is 9.53 Å². The minimum absolute atomic E-state index is 0.0709. The largest absolute Gasteiger partial charge is 0.444 e. The van der Waals surface area contributed by atoms with Gasteiger partial charge in [-0.3, -0.25) is 10.1 Å². The molecule has 0 aromatic carbocycles. The van der Waals surface area contributed by atoms with Crippen molar-refractivity contribution < 1.29 is 14.3 Å². The Morgan fingerprint density at radius 1 is 1.43 bits per heavy atom. The first-order valence-corrected chi connectivity index (χ1v) is 7.27. The van der Waals surface area contributed by atoms with E-state index >= 15 is 0 Å². The number of aromatic nitrogens is 1. The second kappa shape index (κ2) is 7.64. The topological polar surface area (TPSA) is 80.3 Å². The van der Waals surface area contributed by atoms with Gasteiger partial charge in [0.05, 0.1) is 11.1 Å². The number of carbonyl (C=O) groups is 2. The minimum Gasteiger partial charge on any atom is -0.444 e. The number of hydrogen-bond acceptors (Lipinski definition) is 5. The number of carbonyl (C=O) groups excluding carboxylic acids is 2. The average Bonchev–Trinajstić information content (AvgIpc) is 2.73. The summed E-state index contributed by atoms with van der Waals surface area (Å²) in [6.07, 6.45) is 1.61. The first-order chi connectivity index (χ1) is 9.76. The molecule has 1 aromatic rings. The molecule has 7 heteroatoms. The molecule has 0 radical (unpaired) electrons. The lowest BCUT2D eigenvalue weighted by molar-refractivity contribution is -0.118. The molecular formula is C14H19N3O3S. The Morgan fingerprint density at radius 3 is 2.76 bits per heavy atom. The molecule has 0 aliphatic rings. The number of anilines is 1. The highest BCUT2D eigenvalue weighted by Gasteiger charge is 2.17. The van der Waals surface area contributed by atoms with Crippen LogP contribution in [0.4, 0.5) is 9.93 Å². The van der Waals surface area contributed by atoms with E-state index in [0.717, 1.165) is 4.88 Å². The summed E-state index contributed by atoms with van der Waals surface area (Å²) in [4.78, 5) is 27.0. The third kappa shape index (κ3) is 7.95. The third-order valence-corrected chi connectivity index (χ3v) is 2.78. The van der Waals surface area contributed by atoms with Crippen molar-refractivity contribution in [3.05, 3.63) is 11.1 Å². The molecule has 2 N–H and O–H groups in total. The molecule has 21 heavy (non-hydrogen) atoms. The predicted molar refractivity (Wildman–Crippen MR) is 82.1 cm³/mol. The van der Waals surface area contributed by atoms with Gasteiger partial charge in [0, 0.05) is 19.9 Å². The number of amides is 2. The SMILES string of the molecule is CC(=O)NCCC#Cc1cnc(NC(=O)OC(C)(C)C)s1. The summed E-state index contributed by atoms with van der Waals surface area (Å²) in [5.74, 6) is 5.78. The van der Waals surface area contributed by atoms with Crippen molar-refractivity contribution in [2.75, 3.05) is 11.9 Å². The molecule has 0 atom stereocenters. The van der Waals surface area contributed by atoms with Gasteiger partial charge in [-0.1, -0.05) is 23.2 Å². The van der Waals surface area contributed by atoms with Crippen LogP contribution in [0.5, 0.6) is 0 Å². The molecule has 114 valence electrons. The molecule has 0 saturated carbocycles. The normalized spacial score (nSPS) is 10.3. The molecule has 0 saturated heterocycles. The molecule has 0 unspecified atom stereocenters. The standard InChI is InChI=1S/C14H19N3O3S/c1-10(18)15-8-6-5-7-11-9-16-12(21-11)17-13(19)20-14(2,3)4/h9H,6,8H2,1-4H3,(H,15,18)(H,16,17,19). The number of thiazole rings is 1. The Bertz CT molecular complexity index is 564. The van der Waals surface area contributed by atoms with Gasteiger partial charge in [0.25, 0.3) is 0 Å². The average molecular weight is 309 g/mol. The summed E-state index contributed by atoms with van der Waals surface area (Å²) in [6.45, 7) is 7.36. The highest BCUT2D eigenvalue weighted by atomic mass is 32.1. The van der Waals surface area contributed by atoms with Crippen molar-refractivity contribution in [2.45, 2.75) is 39.7 Å². The third-order valence-electron chi connectivity index (χ3n) is 1.95. The van der Waals surface area contributed by atoms with Gasteiger partial charge in [0.2, 0.25) is 5.91 Å². The zero-order valence-corrected chi connectivity index (χ0v) is 13.4. The molecule has 1 heterocycles. The number of ether oxygens (including phenoxy) is 1. The maximum absolute atomic E-state index is 11.6. The Kier molecular flexibility index (Phi) is 6.18. The van der Waals surface area contributed by atoms with E-state index in [0.29, 0.717) is 18.1 Å². The monoisotopic (exact) mass is 309 g/mol. The van der Waals surface area contributed by atoms with E-state index in [1.165, 1.54) is 18.3 Å². The zero-order chi connectivity index (χ0) is 15.9. The van der Waals surface area contributed by atoms with Gasteiger partial charge in [-0.15, -0.1) is 0 Å². The van der Waals surface area contributed by atoms with E-state index in [9.17, 15) is 9.59 Å². The second-order valence-electron chi connectivity index (χ2n) is 5.19. The van der Waals surface area contributed by atoms with Crippen molar-refractivity contribution in [2.24, 2.45) is 0 Å². The van der Waals surface area contributed by atoms with E-state index < -0.39 is 11.7 Å².